The molecule has 3 amide bonds. The molecule has 1 aromatic rings. The Morgan fingerprint density at radius 2 is 1.87 bits per heavy atom. The van der Waals surface area contributed by atoms with Crippen LogP contribution in [0.1, 0.15) is 29.6 Å². The fourth-order valence-corrected chi connectivity index (χ4v) is 4.55. The second kappa shape index (κ2) is 9.00. The minimum Gasteiger partial charge on any atom is -0.497 e. The molecule has 0 bridgehead atoms. The van der Waals surface area contributed by atoms with Gasteiger partial charge in [-0.3, -0.25) is 9.59 Å². The van der Waals surface area contributed by atoms with Gasteiger partial charge in [0.1, 0.15) is 11.8 Å². The van der Waals surface area contributed by atoms with E-state index in [1.165, 1.54) is 12.0 Å². The van der Waals surface area contributed by atoms with Gasteiger partial charge in [0.05, 0.1) is 13.4 Å². The Bertz CT molecular complexity index is 917. The van der Waals surface area contributed by atoms with Gasteiger partial charge in [-0.15, -0.1) is 4.41 Å². The number of urea groups is 1. The first-order valence-electron chi connectivity index (χ1n) is 9.74. The number of nitrogens with zero attached hydrogens (tertiary/aromatic N) is 3. The Labute approximate surface area is 175 Å². The van der Waals surface area contributed by atoms with Crippen LogP contribution in [-0.4, -0.2) is 86.0 Å². The third-order valence-corrected chi connectivity index (χ3v) is 6.14. The first-order chi connectivity index (χ1) is 14.2. The molecule has 2 saturated heterocycles. The number of ether oxygens (including phenoxy) is 1. The van der Waals surface area contributed by atoms with E-state index in [0.29, 0.717) is 35.1 Å². The molecule has 2 heterocycles. The number of Topliss-reactive ketones (excluding diaryl/α,β-unsaturated/α-hetero) is 1. The summed E-state index contributed by atoms with van der Waals surface area (Å²) in [5, 5.41) is 4.06. The van der Waals surface area contributed by atoms with Crippen molar-refractivity contribution in [2.24, 2.45) is 0 Å². The van der Waals surface area contributed by atoms with Crippen molar-refractivity contribution in [3.8, 4) is 5.75 Å². The van der Waals surface area contributed by atoms with Gasteiger partial charge in [0.15, 0.2) is 5.78 Å². The number of rotatable bonds is 5. The minimum absolute atomic E-state index is 0.138. The summed E-state index contributed by atoms with van der Waals surface area (Å²) >= 11 is 0. The summed E-state index contributed by atoms with van der Waals surface area (Å²) in [4.78, 5) is 40.0. The Morgan fingerprint density at radius 3 is 2.47 bits per heavy atom. The van der Waals surface area contributed by atoms with Crippen molar-refractivity contribution >= 4 is 27.7 Å². The molecule has 0 radical (unpaired) electrons. The van der Waals surface area contributed by atoms with Crippen LogP contribution in [0.15, 0.2) is 24.3 Å². The first kappa shape index (κ1) is 22.0. The molecule has 0 saturated carbocycles. The van der Waals surface area contributed by atoms with Gasteiger partial charge in [-0.25, -0.2) is 18.2 Å². The number of amides is 3. The highest BCUT2D eigenvalue weighted by Gasteiger charge is 2.42. The zero-order valence-electron chi connectivity index (χ0n) is 17.0. The second-order valence-electron chi connectivity index (χ2n) is 7.27. The monoisotopic (exact) mass is 438 g/mol. The van der Waals surface area contributed by atoms with Crippen LogP contribution in [0.3, 0.4) is 0 Å². The van der Waals surface area contributed by atoms with Crippen molar-refractivity contribution < 1.29 is 27.5 Å². The van der Waals surface area contributed by atoms with Crippen LogP contribution in [0, 0.1) is 0 Å². The number of hydrogen-bond acceptors (Lipinski definition) is 7. The molecule has 11 heteroatoms. The smallest absolute Gasteiger partial charge is 0.354 e. The number of piperidine rings is 1. The number of carbonyl (C=O) groups excluding carboxylic acids is 3. The lowest BCUT2D eigenvalue weighted by atomic mass is 10.0. The largest absolute Gasteiger partial charge is 0.497 e. The predicted molar refractivity (Wildman–Crippen MR) is 108 cm³/mol. The van der Waals surface area contributed by atoms with Gasteiger partial charge in [-0.1, -0.05) is 0 Å². The molecule has 3 rings (SSSR count). The van der Waals surface area contributed by atoms with Crippen LogP contribution in [0.2, 0.25) is 0 Å². The summed E-state index contributed by atoms with van der Waals surface area (Å²) in [6, 6.07) is 4.70. The van der Waals surface area contributed by atoms with E-state index >= 15 is 0 Å². The third kappa shape index (κ3) is 4.57. The van der Waals surface area contributed by atoms with Gasteiger partial charge < -0.3 is 15.0 Å². The molecule has 1 unspecified atom stereocenters. The number of methoxy groups -OCH3 is 1. The summed E-state index contributed by atoms with van der Waals surface area (Å²) in [5.41, 5.74) is 0.377. The summed E-state index contributed by atoms with van der Waals surface area (Å²) < 4.78 is 30.5. The van der Waals surface area contributed by atoms with Gasteiger partial charge in [0.25, 0.3) is 10.0 Å². The number of benzene rings is 1. The number of sulfonamides is 1. The number of piperazine rings is 1. The van der Waals surface area contributed by atoms with Crippen LogP contribution in [0.5, 0.6) is 5.75 Å². The van der Waals surface area contributed by atoms with E-state index < -0.39 is 28.0 Å². The van der Waals surface area contributed by atoms with Crippen LogP contribution in [0.25, 0.3) is 0 Å². The van der Waals surface area contributed by atoms with Crippen molar-refractivity contribution in [1.29, 1.82) is 0 Å². The maximum atomic E-state index is 13.3. The highest BCUT2D eigenvalue weighted by atomic mass is 32.2. The predicted octanol–water partition coefficient (Wildman–Crippen LogP) is 0.461. The molecule has 1 N–H and O–H groups in total. The number of carbonyl (C=O) groups is 3. The van der Waals surface area contributed by atoms with Crippen molar-refractivity contribution in [3.05, 3.63) is 29.8 Å². The average Bonchev–Trinajstić information content (AvgIpc) is 2.74. The topological polar surface area (TPSA) is 116 Å². The van der Waals surface area contributed by atoms with Crippen molar-refractivity contribution in [1.82, 2.24) is 19.6 Å². The number of hydrazine groups is 1. The summed E-state index contributed by atoms with van der Waals surface area (Å²) in [6.45, 7) is 0.867. The molecule has 10 nitrogen and oxygen atoms in total. The van der Waals surface area contributed by atoms with Gasteiger partial charge in [0.2, 0.25) is 5.91 Å². The Morgan fingerprint density at radius 1 is 1.17 bits per heavy atom. The van der Waals surface area contributed by atoms with Crippen molar-refractivity contribution in [2.45, 2.75) is 25.3 Å². The molecule has 0 spiro atoms. The van der Waals surface area contributed by atoms with Gasteiger partial charge in [0, 0.05) is 38.2 Å². The number of hydrogen-bond donors (Lipinski definition) is 1. The molecule has 1 atom stereocenters. The zero-order chi connectivity index (χ0) is 21.9. The minimum atomic E-state index is -4.07. The summed E-state index contributed by atoms with van der Waals surface area (Å²) in [5.74, 6) is -0.155. The van der Waals surface area contributed by atoms with Crippen LogP contribution in [-0.2, 0) is 14.8 Å². The standard InChI is InChI=1S/C19H26N4O6S/c1-29-15-8-6-14(7-9-15)18(25)16-13-20-10-12-21(16)19(26)23(30(2,27)28)22-11-4-3-5-17(22)24/h6-9,16,20H,3-5,10-13H2,1-2H3. The van der Waals surface area contributed by atoms with Crippen molar-refractivity contribution in [3.63, 3.8) is 0 Å². The Hall–Kier alpha value is -2.66. The van der Waals surface area contributed by atoms with Gasteiger partial charge >= 0.3 is 6.03 Å². The van der Waals surface area contributed by atoms with Crippen molar-refractivity contribution in [2.75, 3.05) is 39.5 Å². The lowest BCUT2D eigenvalue weighted by Crippen LogP contribution is -2.64. The van der Waals surface area contributed by atoms with Gasteiger partial charge in [-0.05, 0) is 37.1 Å². The molecular weight excluding hydrogens is 412 g/mol. The molecule has 2 aliphatic heterocycles. The lowest BCUT2D eigenvalue weighted by molar-refractivity contribution is -0.142. The fraction of sp³-hybridized carbons (Fsp3) is 0.526. The van der Waals surface area contributed by atoms with Crippen LogP contribution >= 0.6 is 0 Å². The molecule has 2 aliphatic rings. The highest BCUT2D eigenvalue weighted by molar-refractivity contribution is 7.88. The molecule has 164 valence electrons. The Kier molecular flexibility index (Phi) is 6.61. The quantitative estimate of drug-likeness (QED) is 0.664. The average molecular weight is 439 g/mol. The maximum absolute atomic E-state index is 13.3. The SMILES string of the molecule is COc1ccc(C(=O)C2CNCCN2C(=O)N(N2CCCCC2=O)S(C)(=O)=O)cc1. The normalized spacial score (nSPS) is 20.1. The van der Waals surface area contributed by atoms with E-state index in [1.807, 2.05) is 0 Å². The molecule has 0 aliphatic carbocycles. The van der Waals surface area contributed by atoms with Gasteiger partial charge in [-0.2, -0.15) is 0 Å². The third-order valence-electron chi connectivity index (χ3n) is 5.16. The fourth-order valence-electron chi connectivity index (χ4n) is 3.63. The first-order valence-corrected chi connectivity index (χ1v) is 11.6. The molecule has 30 heavy (non-hydrogen) atoms. The zero-order valence-corrected chi connectivity index (χ0v) is 17.9. The summed E-state index contributed by atoms with van der Waals surface area (Å²) in [7, 11) is -2.55. The van der Waals surface area contributed by atoms with Crippen LogP contribution in [0.4, 0.5) is 4.79 Å². The number of nitrogens with one attached hydrogen (secondary N) is 1. The second-order valence-corrected chi connectivity index (χ2v) is 9.08. The van der Waals surface area contributed by atoms with Crippen LogP contribution < -0.4 is 10.1 Å². The highest BCUT2D eigenvalue weighted by Crippen LogP contribution is 2.21. The summed E-state index contributed by atoms with van der Waals surface area (Å²) in [6.07, 6.45) is 2.30. The number of ketones is 1. The molecule has 2 fully saturated rings. The molecule has 1 aromatic carbocycles. The van der Waals surface area contributed by atoms with E-state index in [9.17, 15) is 22.8 Å². The van der Waals surface area contributed by atoms with E-state index in [-0.39, 0.29) is 31.8 Å². The van der Waals surface area contributed by atoms with E-state index in [0.717, 1.165) is 11.3 Å². The Balaban J connectivity index is 1.90. The van der Waals surface area contributed by atoms with E-state index in [2.05, 4.69) is 5.32 Å². The molecule has 0 aromatic heterocycles. The maximum Gasteiger partial charge on any atom is 0.354 e. The molecular formula is C19H26N4O6S. The van der Waals surface area contributed by atoms with E-state index in [4.69, 9.17) is 4.74 Å². The lowest BCUT2D eigenvalue weighted by Gasteiger charge is -2.41. The van der Waals surface area contributed by atoms with E-state index in [1.54, 1.807) is 24.3 Å².